The minimum atomic E-state index is -4.34. The van der Waals surface area contributed by atoms with Gasteiger partial charge in [-0.1, -0.05) is 26.1 Å². The first-order chi connectivity index (χ1) is 8.20. The maximum absolute atomic E-state index is 11.9. The van der Waals surface area contributed by atoms with Crippen molar-refractivity contribution in [3.8, 4) is 0 Å². The first kappa shape index (κ1) is 15.6. The van der Waals surface area contributed by atoms with Crippen molar-refractivity contribution in [2.75, 3.05) is 6.61 Å². The lowest BCUT2D eigenvalue weighted by molar-refractivity contribution is -0.177. The Morgan fingerprint density at radius 2 is 2.06 bits per heavy atom. The number of nitrogens with one attached hydrogen (secondary N) is 1. The predicted molar refractivity (Wildman–Crippen MR) is 66.9 cm³/mol. The van der Waals surface area contributed by atoms with Crippen LogP contribution < -0.4 is 0 Å². The van der Waals surface area contributed by atoms with Gasteiger partial charge in [0.05, 0.1) is 4.47 Å². The molecule has 0 atom stereocenters. The molecule has 1 rings (SSSR count). The van der Waals surface area contributed by atoms with Gasteiger partial charge in [-0.25, -0.2) is 4.98 Å². The Morgan fingerprint density at radius 3 is 2.56 bits per heavy atom. The number of alkyl halides is 3. The van der Waals surface area contributed by atoms with Gasteiger partial charge in [-0.3, -0.25) is 0 Å². The zero-order valence-electron chi connectivity index (χ0n) is 9.77. The molecule has 0 saturated carbocycles. The third-order valence-electron chi connectivity index (χ3n) is 2.02. The molecule has 0 bridgehead atoms. The first-order valence-electron chi connectivity index (χ1n) is 5.14. The van der Waals surface area contributed by atoms with Crippen LogP contribution in [0, 0.1) is 4.64 Å². The average molecular weight is 345 g/mol. The normalized spacial score (nSPS) is 12.2. The van der Waals surface area contributed by atoms with Gasteiger partial charge in [-0.15, -0.1) is 0 Å². The topological polar surface area (TPSA) is 37.9 Å². The second-order valence-electron chi connectivity index (χ2n) is 3.98. The van der Waals surface area contributed by atoms with Crippen LogP contribution in [0.2, 0.25) is 0 Å². The third kappa shape index (κ3) is 4.66. The fraction of sp³-hybridized carbons (Fsp3) is 0.600. The van der Waals surface area contributed by atoms with Gasteiger partial charge in [0, 0.05) is 5.69 Å². The van der Waals surface area contributed by atoms with E-state index in [1.807, 2.05) is 13.8 Å². The van der Waals surface area contributed by atoms with Crippen molar-refractivity contribution in [1.82, 2.24) is 9.97 Å². The number of aromatic nitrogens is 2. The van der Waals surface area contributed by atoms with E-state index in [0.717, 1.165) is 5.69 Å². The van der Waals surface area contributed by atoms with E-state index in [0.29, 0.717) is 9.11 Å². The highest BCUT2D eigenvalue weighted by Crippen LogP contribution is 2.23. The monoisotopic (exact) mass is 344 g/mol. The van der Waals surface area contributed by atoms with Gasteiger partial charge >= 0.3 is 6.18 Å². The van der Waals surface area contributed by atoms with Crippen molar-refractivity contribution >= 4 is 28.1 Å². The maximum atomic E-state index is 11.9. The Hall–Kier alpha value is -0.470. The molecule has 0 aliphatic rings. The van der Waals surface area contributed by atoms with Crippen molar-refractivity contribution < 1.29 is 17.9 Å². The Balaban J connectivity index is 2.82. The first-order valence-corrected chi connectivity index (χ1v) is 6.34. The van der Waals surface area contributed by atoms with Crippen molar-refractivity contribution in [3.05, 3.63) is 20.6 Å². The molecule has 1 aromatic heterocycles. The number of ether oxygens (including phenoxy) is 1. The smallest absolute Gasteiger partial charge is 0.364 e. The Labute approximate surface area is 116 Å². The van der Waals surface area contributed by atoms with Crippen LogP contribution in [0.1, 0.15) is 31.3 Å². The summed E-state index contributed by atoms with van der Waals surface area (Å²) in [6, 6.07) is 0. The highest BCUT2D eigenvalue weighted by Gasteiger charge is 2.27. The lowest BCUT2D eigenvalue weighted by Gasteiger charge is -2.12. The van der Waals surface area contributed by atoms with E-state index in [-0.39, 0.29) is 18.3 Å². The van der Waals surface area contributed by atoms with Gasteiger partial charge in [-0.05, 0) is 21.8 Å². The zero-order valence-corrected chi connectivity index (χ0v) is 12.2. The molecule has 1 N–H and O–H groups in total. The molecule has 0 saturated heterocycles. The van der Waals surface area contributed by atoms with E-state index < -0.39 is 12.8 Å². The molecule has 0 amide bonds. The zero-order chi connectivity index (χ0) is 13.9. The van der Waals surface area contributed by atoms with Crippen LogP contribution in [0.3, 0.4) is 0 Å². The summed E-state index contributed by atoms with van der Waals surface area (Å²) in [5, 5.41) is 0. The number of hydrogen-bond acceptors (Lipinski definition) is 3. The summed E-state index contributed by atoms with van der Waals surface area (Å²) in [6.45, 7) is 2.32. The number of halogens is 4. The van der Waals surface area contributed by atoms with Gasteiger partial charge in [0.2, 0.25) is 0 Å². The van der Waals surface area contributed by atoms with E-state index in [1.54, 1.807) is 0 Å². The molecule has 0 aromatic carbocycles. The number of aromatic amines is 1. The largest absolute Gasteiger partial charge is 0.411 e. The second-order valence-corrected chi connectivity index (χ2v) is 5.16. The summed E-state index contributed by atoms with van der Waals surface area (Å²) >= 11 is 8.31. The number of H-pyrrole nitrogens is 1. The number of rotatable bonds is 4. The number of nitrogens with zero attached hydrogens (tertiary/aromatic N) is 1. The molecule has 0 aliphatic carbocycles. The standard InChI is InChI=1S/C10H12BrF3N2OS/c1-5(2)8-7(11)9(18)16-6(15-8)3-17-4-10(12,13)14/h5H,3-4H2,1-2H3,(H,15,16,18). The van der Waals surface area contributed by atoms with E-state index in [2.05, 4.69) is 30.6 Å². The van der Waals surface area contributed by atoms with Crippen molar-refractivity contribution in [2.24, 2.45) is 0 Å². The van der Waals surface area contributed by atoms with E-state index in [9.17, 15) is 13.2 Å². The Kier molecular flexibility index (Phi) is 5.30. The fourth-order valence-corrected chi connectivity index (χ4v) is 2.12. The lowest BCUT2D eigenvalue weighted by Crippen LogP contribution is -2.17. The van der Waals surface area contributed by atoms with Crippen LogP contribution in [0.5, 0.6) is 0 Å². The third-order valence-corrected chi connectivity index (χ3v) is 3.38. The summed E-state index contributed by atoms with van der Waals surface area (Å²) in [6.07, 6.45) is -4.34. The van der Waals surface area contributed by atoms with E-state index in [4.69, 9.17) is 12.2 Å². The maximum Gasteiger partial charge on any atom is 0.411 e. The molecule has 102 valence electrons. The van der Waals surface area contributed by atoms with Crippen molar-refractivity contribution in [2.45, 2.75) is 32.5 Å². The molecule has 0 spiro atoms. The van der Waals surface area contributed by atoms with Crippen LogP contribution in [-0.4, -0.2) is 22.8 Å². The summed E-state index contributed by atoms with van der Waals surface area (Å²) in [5.41, 5.74) is 0.792. The summed E-state index contributed by atoms with van der Waals surface area (Å²) < 4.78 is 41.3. The van der Waals surface area contributed by atoms with Gasteiger partial charge in [-0.2, -0.15) is 13.2 Å². The quantitative estimate of drug-likeness (QED) is 0.835. The predicted octanol–water partition coefficient (Wildman–Crippen LogP) is 4.10. The SMILES string of the molecule is CC(C)c1[nH]c(COCC(F)(F)F)nc(=S)c1Br. The highest BCUT2D eigenvalue weighted by atomic mass is 79.9. The average Bonchev–Trinajstić information content (AvgIpc) is 2.20. The molecule has 0 unspecified atom stereocenters. The molecule has 1 heterocycles. The molecular weight excluding hydrogens is 333 g/mol. The molecular formula is C10H12BrF3N2OS. The van der Waals surface area contributed by atoms with Crippen LogP contribution >= 0.6 is 28.1 Å². The van der Waals surface area contributed by atoms with Gasteiger partial charge < -0.3 is 9.72 Å². The van der Waals surface area contributed by atoms with Crippen LogP contribution in [-0.2, 0) is 11.3 Å². The minimum Gasteiger partial charge on any atom is -0.364 e. The fourth-order valence-electron chi connectivity index (χ4n) is 1.25. The molecule has 1 aromatic rings. The minimum absolute atomic E-state index is 0.144. The lowest BCUT2D eigenvalue weighted by atomic mass is 10.1. The van der Waals surface area contributed by atoms with Crippen molar-refractivity contribution in [3.63, 3.8) is 0 Å². The molecule has 0 aliphatic heterocycles. The number of hydrogen-bond donors (Lipinski definition) is 1. The van der Waals surface area contributed by atoms with E-state index >= 15 is 0 Å². The highest BCUT2D eigenvalue weighted by molar-refractivity contribution is 9.10. The van der Waals surface area contributed by atoms with Gasteiger partial charge in [0.1, 0.15) is 23.7 Å². The van der Waals surface area contributed by atoms with Gasteiger partial charge in [0.25, 0.3) is 0 Å². The molecule has 18 heavy (non-hydrogen) atoms. The molecule has 0 fully saturated rings. The van der Waals surface area contributed by atoms with Crippen LogP contribution in [0.25, 0.3) is 0 Å². The summed E-state index contributed by atoms with van der Waals surface area (Å²) in [5.74, 6) is 0.432. The molecule has 3 nitrogen and oxygen atoms in total. The molecule has 8 heteroatoms. The second kappa shape index (κ2) is 6.12. The summed E-state index contributed by atoms with van der Waals surface area (Å²) in [4.78, 5) is 6.88. The van der Waals surface area contributed by atoms with Crippen LogP contribution in [0.4, 0.5) is 13.2 Å². The van der Waals surface area contributed by atoms with E-state index in [1.165, 1.54) is 0 Å². The summed E-state index contributed by atoms with van der Waals surface area (Å²) in [7, 11) is 0. The van der Waals surface area contributed by atoms with Gasteiger partial charge in [0.15, 0.2) is 0 Å². The van der Waals surface area contributed by atoms with Crippen molar-refractivity contribution in [1.29, 1.82) is 0 Å². The Bertz CT molecular complexity index is 473. The Morgan fingerprint density at radius 1 is 1.44 bits per heavy atom. The molecule has 0 radical (unpaired) electrons. The van der Waals surface area contributed by atoms with Crippen LogP contribution in [0.15, 0.2) is 4.47 Å².